The molecular weight excluding hydrogens is 388 g/mol. The highest BCUT2D eigenvalue weighted by atomic mass is 19.1. The van der Waals surface area contributed by atoms with Gasteiger partial charge in [-0.25, -0.2) is 9.18 Å². The SMILES string of the molecule is CC(C)(C)OC(=O)N1CC(C=C(F)B2OC(C)(C)C(C)(C)O2)OCC12CCCCC2. The highest BCUT2D eigenvalue weighted by molar-refractivity contribution is 6.53. The number of ether oxygens (including phenoxy) is 2. The molecule has 1 aliphatic carbocycles. The van der Waals surface area contributed by atoms with Crippen LogP contribution in [0.4, 0.5) is 9.18 Å². The van der Waals surface area contributed by atoms with Gasteiger partial charge in [-0.3, -0.25) is 4.90 Å². The molecule has 0 aromatic carbocycles. The van der Waals surface area contributed by atoms with E-state index in [4.69, 9.17) is 18.8 Å². The van der Waals surface area contributed by atoms with Crippen LogP contribution in [0.2, 0.25) is 0 Å². The Bertz CT molecular complexity index is 666. The van der Waals surface area contributed by atoms with Gasteiger partial charge in [0.15, 0.2) is 0 Å². The Morgan fingerprint density at radius 1 is 1.10 bits per heavy atom. The van der Waals surface area contributed by atoms with Crippen molar-refractivity contribution < 1.29 is 28.0 Å². The van der Waals surface area contributed by atoms with Crippen LogP contribution in [-0.2, 0) is 18.8 Å². The third-order valence-electron chi connectivity index (χ3n) is 6.72. The van der Waals surface area contributed by atoms with Gasteiger partial charge in [-0.1, -0.05) is 19.3 Å². The lowest BCUT2D eigenvalue weighted by Gasteiger charge is -2.50. The van der Waals surface area contributed by atoms with Crippen molar-refractivity contribution in [2.75, 3.05) is 13.2 Å². The number of nitrogens with zero attached hydrogens (tertiary/aromatic N) is 1. The van der Waals surface area contributed by atoms with Gasteiger partial charge in [0.1, 0.15) is 11.3 Å². The van der Waals surface area contributed by atoms with E-state index in [0.717, 1.165) is 32.1 Å². The van der Waals surface area contributed by atoms with Gasteiger partial charge in [0.05, 0.1) is 36.0 Å². The summed E-state index contributed by atoms with van der Waals surface area (Å²) in [5, 5.41) is 0. The summed E-state index contributed by atoms with van der Waals surface area (Å²) in [7, 11) is -1.07. The van der Waals surface area contributed by atoms with E-state index in [9.17, 15) is 4.79 Å². The minimum Gasteiger partial charge on any atom is -0.444 e. The Balaban J connectivity index is 1.76. The van der Waals surface area contributed by atoms with Gasteiger partial charge in [0, 0.05) is 0 Å². The van der Waals surface area contributed by atoms with Gasteiger partial charge in [-0.15, -0.1) is 0 Å². The Hall–Kier alpha value is -1.12. The number of carbonyl (C=O) groups is 1. The maximum Gasteiger partial charge on any atom is 0.524 e. The average molecular weight is 425 g/mol. The third kappa shape index (κ3) is 4.86. The van der Waals surface area contributed by atoms with Crippen molar-refractivity contribution in [3.05, 3.63) is 11.8 Å². The van der Waals surface area contributed by atoms with Crippen LogP contribution in [0.5, 0.6) is 0 Å². The molecule has 1 spiro atoms. The van der Waals surface area contributed by atoms with Crippen molar-refractivity contribution in [1.82, 2.24) is 4.90 Å². The number of hydrogen-bond donors (Lipinski definition) is 0. The number of morpholine rings is 1. The molecule has 0 aromatic heterocycles. The second kappa shape index (κ2) is 8.10. The van der Waals surface area contributed by atoms with Crippen LogP contribution >= 0.6 is 0 Å². The predicted molar refractivity (Wildman–Crippen MR) is 114 cm³/mol. The molecule has 2 aliphatic heterocycles. The molecule has 3 aliphatic rings. The summed E-state index contributed by atoms with van der Waals surface area (Å²) < 4.78 is 38.3. The Labute approximate surface area is 180 Å². The molecule has 0 aromatic rings. The summed E-state index contributed by atoms with van der Waals surface area (Å²) in [6.07, 6.45) is 5.45. The summed E-state index contributed by atoms with van der Waals surface area (Å²) in [6.45, 7) is 13.7. The molecule has 6 nitrogen and oxygen atoms in total. The summed E-state index contributed by atoms with van der Waals surface area (Å²) in [5.74, 6) is 0. The number of hydrogen-bond acceptors (Lipinski definition) is 5. The molecule has 0 bridgehead atoms. The molecular formula is C22H37BFNO5. The van der Waals surface area contributed by atoms with Crippen LogP contribution < -0.4 is 0 Å². The molecule has 2 saturated heterocycles. The lowest BCUT2D eigenvalue weighted by molar-refractivity contribution is -0.109. The molecule has 30 heavy (non-hydrogen) atoms. The fourth-order valence-corrected chi connectivity index (χ4v) is 4.29. The fraction of sp³-hybridized carbons (Fsp3) is 0.864. The van der Waals surface area contributed by atoms with E-state index in [1.807, 2.05) is 48.5 Å². The van der Waals surface area contributed by atoms with Gasteiger partial charge >= 0.3 is 13.2 Å². The molecule has 1 unspecified atom stereocenters. The monoisotopic (exact) mass is 425 g/mol. The molecule has 170 valence electrons. The van der Waals surface area contributed by atoms with Crippen LogP contribution in [0.1, 0.15) is 80.6 Å². The Kier molecular flexibility index (Phi) is 6.36. The highest BCUT2D eigenvalue weighted by Crippen LogP contribution is 2.40. The molecule has 1 saturated carbocycles. The normalized spacial score (nSPS) is 28.7. The zero-order valence-corrected chi connectivity index (χ0v) is 19.5. The van der Waals surface area contributed by atoms with E-state index in [2.05, 4.69) is 0 Å². The van der Waals surface area contributed by atoms with Gasteiger partial charge < -0.3 is 18.8 Å². The van der Waals surface area contributed by atoms with Gasteiger partial charge in [-0.2, -0.15) is 0 Å². The number of carbonyl (C=O) groups excluding carboxylic acids is 1. The maximum atomic E-state index is 15.0. The summed E-state index contributed by atoms with van der Waals surface area (Å²) in [6, 6.07) is 0. The molecule has 2 heterocycles. The smallest absolute Gasteiger partial charge is 0.444 e. The fourth-order valence-electron chi connectivity index (χ4n) is 4.29. The Morgan fingerprint density at radius 2 is 1.67 bits per heavy atom. The number of halogens is 1. The van der Waals surface area contributed by atoms with E-state index < -0.39 is 35.8 Å². The highest BCUT2D eigenvalue weighted by Gasteiger charge is 2.53. The molecule has 0 N–H and O–H groups in total. The van der Waals surface area contributed by atoms with E-state index in [1.165, 1.54) is 6.08 Å². The number of rotatable bonds is 2. The van der Waals surface area contributed by atoms with Gasteiger partial charge in [0.2, 0.25) is 0 Å². The maximum absolute atomic E-state index is 15.0. The van der Waals surface area contributed by atoms with Crippen molar-refractivity contribution in [1.29, 1.82) is 0 Å². The van der Waals surface area contributed by atoms with Crippen molar-refractivity contribution in [3.8, 4) is 0 Å². The zero-order valence-electron chi connectivity index (χ0n) is 19.5. The zero-order chi connectivity index (χ0) is 22.4. The second-order valence-corrected chi connectivity index (χ2v) is 10.9. The van der Waals surface area contributed by atoms with Crippen LogP contribution in [0.15, 0.2) is 11.8 Å². The van der Waals surface area contributed by atoms with E-state index >= 15 is 4.39 Å². The van der Waals surface area contributed by atoms with Gasteiger partial charge in [-0.05, 0) is 67.4 Å². The largest absolute Gasteiger partial charge is 0.524 e. The topological polar surface area (TPSA) is 57.2 Å². The number of amides is 1. The van der Waals surface area contributed by atoms with E-state index in [-0.39, 0.29) is 18.2 Å². The minimum absolute atomic E-state index is 0.252. The van der Waals surface area contributed by atoms with Crippen LogP contribution in [0.25, 0.3) is 0 Å². The first-order valence-corrected chi connectivity index (χ1v) is 11.1. The van der Waals surface area contributed by atoms with Crippen molar-refractivity contribution in [3.63, 3.8) is 0 Å². The van der Waals surface area contributed by atoms with Crippen LogP contribution in [-0.4, -0.2) is 59.7 Å². The molecule has 3 rings (SSSR count). The first-order valence-electron chi connectivity index (χ1n) is 11.1. The molecule has 0 radical (unpaired) electrons. The van der Waals surface area contributed by atoms with E-state index in [0.29, 0.717) is 6.61 Å². The summed E-state index contributed by atoms with van der Waals surface area (Å²) >= 11 is 0. The van der Waals surface area contributed by atoms with Crippen molar-refractivity contribution in [2.24, 2.45) is 0 Å². The van der Waals surface area contributed by atoms with Crippen molar-refractivity contribution >= 4 is 13.2 Å². The summed E-state index contributed by atoms with van der Waals surface area (Å²) in [4.78, 5) is 14.8. The molecule has 1 amide bonds. The third-order valence-corrected chi connectivity index (χ3v) is 6.72. The summed E-state index contributed by atoms with van der Waals surface area (Å²) in [5.41, 5.74) is -2.73. The Morgan fingerprint density at radius 3 is 2.20 bits per heavy atom. The van der Waals surface area contributed by atoms with Gasteiger partial charge in [0.25, 0.3) is 0 Å². The quantitative estimate of drug-likeness (QED) is 0.595. The minimum atomic E-state index is -1.07. The van der Waals surface area contributed by atoms with Crippen LogP contribution in [0.3, 0.4) is 0 Å². The van der Waals surface area contributed by atoms with E-state index in [1.54, 1.807) is 4.90 Å². The molecule has 8 heteroatoms. The lowest BCUT2D eigenvalue weighted by Crippen LogP contribution is -2.62. The van der Waals surface area contributed by atoms with Crippen molar-refractivity contribution in [2.45, 2.75) is 109 Å². The molecule has 3 fully saturated rings. The lowest BCUT2D eigenvalue weighted by atomic mass is 9.79. The second-order valence-electron chi connectivity index (χ2n) is 10.9. The first-order chi connectivity index (χ1) is 13.7. The first kappa shape index (κ1) is 23.5. The average Bonchev–Trinajstić information content (AvgIpc) is 2.84. The molecule has 1 atom stereocenters. The van der Waals surface area contributed by atoms with Crippen LogP contribution in [0, 0.1) is 0 Å². The standard InChI is InChI=1S/C22H37BFNO5/c1-19(2,3)28-18(26)25-14-16(27-15-22(25)11-9-8-10-12-22)13-17(24)23-29-20(4,5)21(6,7)30-23/h13,16H,8-12,14-15H2,1-7H3. The predicted octanol–water partition coefficient (Wildman–Crippen LogP) is 4.81.